The molecule has 0 aliphatic carbocycles. The van der Waals surface area contributed by atoms with Crippen LogP contribution in [0.25, 0.3) is 0 Å². The molecule has 30 heavy (non-hydrogen) atoms. The highest BCUT2D eigenvalue weighted by molar-refractivity contribution is 14.0. The Kier molecular flexibility index (Phi) is 11.8. The van der Waals surface area contributed by atoms with Gasteiger partial charge >= 0.3 is 0 Å². The predicted molar refractivity (Wildman–Crippen MR) is 132 cm³/mol. The Labute approximate surface area is 198 Å². The molecule has 1 aromatic rings. The summed E-state index contributed by atoms with van der Waals surface area (Å²) in [5.41, 5.74) is 0. The summed E-state index contributed by atoms with van der Waals surface area (Å²) in [4.78, 5) is 7.24. The summed E-state index contributed by atoms with van der Waals surface area (Å²) in [5, 5.41) is 3.45. The Bertz CT molecular complexity index is 603. The molecule has 1 N–H and O–H groups in total. The molecule has 2 aliphatic rings. The summed E-state index contributed by atoms with van der Waals surface area (Å²) in [7, 11) is 0. The fourth-order valence-corrected chi connectivity index (χ4v) is 3.81. The summed E-state index contributed by atoms with van der Waals surface area (Å²) in [6, 6.07) is 10.0. The topological polar surface area (TPSA) is 55.3 Å². The molecular weight excluding hydrogens is 493 g/mol. The van der Waals surface area contributed by atoms with Crippen molar-refractivity contribution in [3.8, 4) is 5.75 Å². The van der Waals surface area contributed by atoms with Crippen LogP contribution < -0.4 is 10.1 Å². The van der Waals surface area contributed by atoms with Crippen LogP contribution in [0.5, 0.6) is 5.75 Å². The summed E-state index contributed by atoms with van der Waals surface area (Å²) >= 11 is 0. The molecule has 0 aromatic heterocycles. The van der Waals surface area contributed by atoms with Crippen molar-refractivity contribution in [2.75, 3.05) is 39.4 Å². The summed E-state index contributed by atoms with van der Waals surface area (Å²) in [6.45, 7) is 9.36. The minimum absolute atomic E-state index is 0. The third-order valence-electron chi connectivity index (χ3n) is 5.56. The van der Waals surface area contributed by atoms with E-state index in [1.165, 1.54) is 6.42 Å². The molecule has 2 aliphatic heterocycles. The van der Waals surface area contributed by atoms with Gasteiger partial charge < -0.3 is 24.4 Å². The van der Waals surface area contributed by atoms with Crippen molar-refractivity contribution in [2.24, 2.45) is 4.99 Å². The average Bonchev–Trinajstić information content (AvgIpc) is 3.29. The lowest BCUT2D eigenvalue weighted by Crippen LogP contribution is -2.47. The quantitative estimate of drug-likeness (QED) is 0.296. The molecule has 3 rings (SSSR count). The maximum atomic E-state index is 6.10. The van der Waals surface area contributed by atoms with Gasteiger partial charge in [0.15, 0.2) is 5.96 Å². The second-order valence-electron chi connectivity index (χ2n) is 7.81. The van der Waals surface area contributed by atoms with Crippen molar-refractivity contribution in [1.29, 1.82) is 0 Å². The third kappa shape index (κ3) is 8.23. The molecule has 0 bridgehead atoms. The van der Waals surface area contributed by atoms with Crippen molar-refractivity contribution < 1.29 is 14.2 Å². The summed E-state index contributed by atoms with van der Waals surface area (Å²) in [5.74, 6) is 1.89. The fraction of sp³-hybridized carbons (Fsp3) is 0.696. The van der Waals surface area contributed by atoms with Gasteiger partial charge in [-0.3, -0.25) is 0 Å². The van der Waals surface area contributed by atoms with Gasteiger partial charge in [-0.05, 0) is 51.2 Å². The number of likely N-dealkylation sites (tertiary alicyclic amines) is 1. The first kappa shape index (κ1) is 25.2. The number of nitrogens with zero attached hydrogens (tertiary/aromatic N) is 2. The highest BCUT2D eigenvalue weighted by Gasteiger charge is 2.24. The van der Waals surface area contributed by atoms with Gasteiger partial charge in [-0.15, -0.1) is 24.0 Å². The van der Waals surface area contributed by atoms with Gasteiger partial charge in [0.1, 0.15) is 11.9 Å². The number of hydrogen-bond acceptors (Lipinski definition) is 4. The van der Waals surface area contributed by atoms with Crippen LogP contribution in [-0.2, 0) is 9.47 Å². The SMILES string of the molecule is CCNC(=NCC(CC)Oc1ccccc1)N1CCC(OCC2CCCO2)CC1.I. The first-order valence-corrected chi connectivity index (χ1v) is 11.3. The van der Waals surface area contributed by atoms with Crippen molar-refractivity contribution >= 4 is 29.9 Å². The van der Waals surface area contributed by atoms with E-state index < -0.39 is 0 Å². The Morgan fingerprint density at radius 1 is 1.20 bits per heavy atom. The molecule has 0 radical (unpaired) electrons. The monoisotopic (exact) mass is 531 g/mol. The molecule has 2 atom stereocenters. The zero-order valence-electron chi connectivity index (χ0n) is 18.4. The maximum absolute atomic E-state index is 6.10. The van der Waals surface area contributed by atoms with Gasteiger partial charge in [0.05, 0.1) is 25.4 Å². The van der Waals surface area contributed by atoms with E-state index in [1.807, 2.05) is 30.3 Å². The van der Waals surface area contributed by atoms with E-state index in [2.05, 4.69) is 24.1 Å². The number of aliphatic imine (C=N–C) groups is 1. The number of hydrogen-bond donors (Lipinski definition) is 1. The molecule has 7 heteroatoms. The minimum atomic E-state index is 0. The molecule has 2 fully saturated rings. The lowest BCUT2D eigenvalue weighted by molar-refractivity contribution is -0.0367. The lowest BCUT2D eigenvalue weighted by Gasteiger charge is -2.34. The molecule has 2 saturated heterocycles. The van der Waals surface area contributed by atoms with E-state index in [-0.39, 0.29) is 30.1 Å². The summed E-state index contributed by atoms with van der Waals surface area (Å²) < 4.78 is 17.9. The molecular formula is C23H38IN3O3. The highest BCUT2D eigenvalue weighted by Crippen LogP contribution is 2.18. The fourth-order valence-electron chi connectivity index (χ4n) is 3.81. The van der Waals surface area contributed by atoms with Gasteiger partial charge in [0.2, 0.25) is 0 Å². The summed E-state index contributed by atoms with van der Waals surface area (Å²) in [6.07, 6.45) is 6.03. The number of nitrogens with one attached hydrogen (secondary N) is 1. The number of piperidine rings is 1. The number of para-hydroxylation sites is 1. The normalized spacial score (nSPS) is 21.2. The van der Waals surface area contributed by atoms with Gasteiger partial charge in [0.25, 0.3) is 0 Å². The molecule has 0 spiro atoms. The third-order valence-corrected chi connectivity index (χ3v) is 5.56. The second-order valence-corrected chi connectivity index (χ2v) is 7.81. The minimum Gasteiger partial charge on any atom is -0.489 e. The zero-order valence-corrected chi connectivity index (χ0v) is 20.8. The Balaban J connectivity index is 0.00000320. The van der Waals surface area contributed by atoms with Crippen LogP contribution in [0.4, 0.5) is 0 Å². The van der Waals surface area contributed by atoms with Crippen LogP contribution in [-0.4, -0.2) is 68.6 Å². The molecule has 170 valence electrons. The highest BCUT2D eigenvalue weighted by atomic mass is 127. The van der Waals surface area contributed by atoms with Gasteiger partial charge in [0, 0.05) is 26.2 Å². The van der Waals surface area contributed by atoms with Crippen molar-refractivity contribution in [3.05, 3.63) is 30.3 Å². The largest absolute Gasteiger partial charge is 0.489 e. The zero-order chi connectivity index (χ0) is 20.3. The second kappa shape index (κ2) is 14.1. The van der Waals surface area contributed by atoms with E-state index in [0.29, 0.717) is 18.8 Å². The van der Waals surface area contributed by atoms with Crippen LogP contribution in [0.1, 0.15) is 46.0 Å². The van der Waals surface area contributed by atoms with Gasteiger partial charge in [-0.25, -0.2) is 4.99 Å². The van der Waals surface area contributed by atoms with E-state index in [1.54, 1.807) is 0 Å². The van der Waals surface area contributed by atoms with Crippen LogP contribution >= 0.6 is 24.0 Å². The van der Waals surface area contributed by atoms with Gasteiger partial charge in [-0.1, -0.05) is 25.1 Å². The molecule has 6 nitrogen and oxygen atoms in total. The number of ether oxygens (including phenoxy) is 3. The smallest absolute Gasteiger partial charge is 0.194 e. The first-order valence-electron chi connectivity index (χ1n) is 11.3. The predicted octanol–water partition coefficient (Wildman–Crippen LogP) is 4.09. The standard InChI is InChI=1S/C23H37N3O3.HI/c1-3-19(29-21-9-6-5-7-10-21)17-25-23(24-4-2)26-14-12-20(13-15-26)28-18-22-11-8-16-27-22;/h5-7,9-10,19-20,22H,3-4,8,11-18H2,1-2H3,(H,24,25);1H. The maximum Gasteiger partial charge on any atom is 0.194 e. The number of benzene rings is 1. The average molecular weight is 531 g/mol. The first-order chi connectivity index (χ1) is 14.3. The van der Waals surface area contributed by atoms with Crippen LogP contribution in [0, 0.1) is 0 Å². The lowest BCUT2D eigenvalue weighted by atomic mass is 10.1. The van der Waals surface area contributed by atoms with Crippen molar-refractivity contribution in [3.63, 3.8) is 0 Å². The van der Waals surface area contributed by atoms with E-state index in [9.17, 15) is 0 Å². The number of halogens is 1. The Morgan fingerprint density at radius 2 is 1.97 bits per heavy atom. The number of guanidine groups is 1. The van der Waals surface area contributed by atoms with Crippen molar-refractivity contribution in [2.45, 2.75) is 64.3 Å². The molecule has 1 aromatic carbocycles. The van der Waals surface area contributed by atoms with Crippen LogP contribution in [0.15, 0.2) is 35.3 Å². The van der Waals surface area contributed by atoms with Crippen molar-refractivity contribution in [1.82, 2.24) is 10.2 Å². The van der Waals surface area contributed by atoms with Gasteiger partial charge in [-0.2, -0.15) is 0 Å². The van der Waals surface area contributed by atoms with Crippen LogP contribution in [0.3, 0.4) is 0 Å². The molecule has 2 heterocycles. The molecule has 0 saturated carbocycles. The Morgan fingerprint density at radius 3 is 2.60 bits per heavy atom. The van der Waals surface area contributed by atoms with E-state index in [4.69, 9.17) is 19.2 Å². The van der Waals surface area contributed by atoms with Crippen LogP contribution in [0.2, 0.25) is 0 Å². The number of rotatable bonds is 9. The molecule has 0 amide bonds. The van der Waals surface area contributed by atoms with E-state index in [0.717, 1.165) is 70.2 Å². The molecule has 2 unspecified atom stereocenters. The van der Waals surface area contributed by atoms with E-state index >= 15 is 0 Å². The Hall–Kier alpha value is -1.06.